The van der Waals surface area contributed by atoms with Crippen molar-refractivity contribution in [2.24, 2.45) is 10.9 Å². The van der Waals surface area contributed by atoms with Gasteiger partial charge in [0.15, 0.2) is 5.17 Å². The summed E-state index contributed by atoms with van der Waals surface area (Å²) in [7, 11) is 0. The van der Waals surface area contributed by atoms with Gasteiger partial charge < -0.3 is 5.32 Å². The summed E-state index contributed by atoms with van der Waals surface area (Å²) >= 11 is 1.28. The Hall–Kier alpha value is -1.76. The Balaban J connectivity index is 2.23. The zero-order valence-corrected chi connectivity index (χ0v) is 15.5. The summed E-state index contributed by atoms with van der Waals surface area (Å²) < 4.78 is 38.4. The molecule has 142 valence electrons. The van der Waals surface area contributed by atoms with Crippen molar-refractivity contribution in [2.45, 2.75) is 44.2 Å². The maximum atomic E-state index is 12.8. The summed E-state index contributed by atoms with van der Waals surface area (Å²) in [6, 6.07) is 4.89. The number of nitrogens with zero attached hydrogens (tertiary/aromatic N) is 1. The van der Waals surface area contributed by atoms with Crippen molar-refractivity contribution < 1.29 is 18.0 Å². The first-order valence-electron chi connectivity index (χ1n) is 8.56. The van der Waals surface area contributed by atoms with Crippen LogP contribution in [0.25, 0.3) is 0 Å². The number of hydrogen-bond acceptors (Lipinski definition) is 3. The fraction of sp³-hybridized carbons (Fsp3) is 0.474. The number of hydrogen-bond donors (Lipinski definition) is 1. The molecule has 0 bridgehead atoms. The Kier molecular flexibility index (Phi) is 7.32. The van der Waals surface area contributed by atoms with Crippen molar-refractivity contribution in [1.82, 2.24) is 5.32 Å². The molecule has 7 heteroatoms. The second-order valence-electron chi connectivity index (χ2n) is 6.37. The number of thioether (sulfide) groups is 1. The van der Waals surface area contributed by atoms with Crippen LogP contribution in [-0.4, -0.2) is 17.3 Å². The molecule has 1 aliphatic carbocycles. The lowest BCUT2D eigenvalue weighted by Gasteiger charge is -2.21. The van der Waals surface area contributed by atoms with E-state index >= 15 is 0 Å². The van der Waals surface area contributed by atoms with E-state index in [1.807, 2.05) is 0 Å². The minimum atomic E-state index is -4.38. The van der Waals surface area contributed by atoms with Crippen LogP contribution in [0.1, 0.15) is 49.1 Å². The van der Waals surface area contributed by atoms with Crippen molar-refractivity contribution >= 4 is 22.8 Å². The van der Waals surface area contributed by atoms with E-state index in [1.165, 1.54) is 30.1 Å². The van der Waals surface area contributed by atoms with Gasteiger partial charge in [-0.2, -0.15) is 13.2 Å². The van der Waals surface area contributed by atoms with Gasteiger partial charge in [-0.25, -0.2) is 4.99 Å². The molecule has 26 heavy (non-hydrogen) atoms. The van der Waals surface area contributed by atoms with Gasteiger partial charge >= 0.3 is 6.18 Å². The maximum Gasteiger partial charge on any atom is 0.416 e. The Labute approximate surface area is 156 Å². The van der Waals surface area contributed by atoms with Crippen LogP contribution in [0.15, 0.2) is 42.0 Å². The molecule has 1 unspecified atom stereocenters. The van der Waals surface area contributed by atoms with Crippen LogP contribution >= 0.6 is 11.8 Å². The highest BCUT2D eigenvalue weighted by atomic mass is 32.2. The molecule has 0 saturated heterocycles. The number of carbonyl (C=O) groups is 1. The number of aliphatic imine (C=N–C) groups is 1. The summed E-state index contributed by atoms with van der Waals surface area (Å²) in [4.78, 5) is 16.8. The third-order valence-electron chi connectivity index (χ3n) is 4.63. The van der Waals surface area contributed by atoms with Crippen molar-refractivity contribution in [3.8, 4) is 0 Å². The number of amides is 1. The van der Waals surface area contributed by atoms with E-state index in [0.717, 1.165) is 37.8 Å². The number of rotatable bonds is 5. The maximum absolute atomic E-state index is 12.8. The third kappa shape index (κ3) is 5.62. The van der Waals surface area contributed by atoms with E-state index in [1.54, 1.807) is 6.26 Å². The fourth-order valence-electron chi connectivity index (χ4n) is 3.29. The van der Waals surface area contributed by atoms with Gasteiger partial charge in [0.25, 0.3) is 0 Å². The van der Waals surface area contributed by atoms with Gasteiger partial charge in [0, 0.05) is 6.20 Å². The van der Waals surface area contributed by atoms with Crippen molar-refractivity contribution in [3.63, 3.8) is 0 Å². The molecular weight excluding hydrogens is 361 g/mol. The van der Waals surface area contributed by atoms with Crippen molar-refractivity contribution in [2.75, 3.05) is 6.26 Å². The lowest BCUT2D eigenvalue weighted by molar-refractivity contribution is -0.137. The number of benzene rings is 1. The zero-order chi connectivity index (χ0) is 19.2. The van der Waals surface area contributed by atoms with Gasteiger partial charge in [-0.3, -0.25) is 4.79 Å². The van der Waals surface area contributed by atoms with E-state index in [-0.39, 0.29) is 5.91 Å². The molecular formula is C19H23F3N2OS. The first-order valence-corrected chi connectivity index (χ1v) is 9.78. The Morgan fingerprint density at radius 2 is 1.96 bits per heavy atom. The quantitative estimate of drug-likeness (QED) is 0.549. The molecule has 1 fully saturated rings. The predicted molar refractivity (Wildman–Crippen MR) is 100 cm³/mol. The first kappa shape index (κ1) is 20.6. The zero-order valence-electron chi connectivity index (χ0n) is 14.7. The third-order valence-corrected chi connectivity index (χ3v) is 5.23. The highest BCUT2D eigenvalue weighted by Gasteiger charge is 2.32. The fourth-order valence-corrected chi connectivity index (χ4v) is 3.67. The Bertz CT molecular complexity index is 650. The molecule has 1 aliphatic rings. The van der Waals surface area contributed by atoms with Crippen LogP contribution in [-0.2, 0) is 11.0 Å². The number of carbonyl (C=O) groups excluding carboxylic acids is 1. The minimum Gasteiger partial charge on any atom is -0.305 e. The number of amidine groups is 1. The average Bonchev–Trinajstić information content (AvgIpc) is 3.11. The standard InChI is InChI=1S/C19H23F3N2OS/c1-3-23-18(26-2)24-17(25)16(12-13-6-4-5-7-13)14-8-10-15(11-9-14)19(20,21)22/h3,8-11,13,16H,1,4-7,12H2,2H3,(H,23,24,25). The molecule has 3 nitrogen and oxygen atoms in total. The molecule has 0 radical (unpaired) electrons. The van der Waals surface area contributed by atoms with E-state index in [0.29, 0.717) is 23.1 Å². The largest absolute Gasteiger partial charge is 0.416 e. The van der Waals surface area contributed by atoms with Gasteiger partial charge in [0.1, 0.15) is 0 Å². The summed E-state index contributed by atoms with van der Waals surface area (Å²) in [5.41, 5.74) is -0.110. The normalized spacial score (nSPS) is 17.2. The molecule has 0 aromatic heterocycles. The molecule has 1 aromatic rings. The van der Waals surface area contributed by atoms with Crippen LogP contribution in [0.5, 0.6) is 0 Å². The van der Waals surface area contributed by atoms with E-state index in [4.69, 9.17) is 0 Å². The summed E-state index contributed by atoms with van der Waals surface area (Å²) in [6.45, 7) is 3.52. The van der Waals surface area contributed by atoms with E-state index < -0.39 is 17.7 Å². The molecule has 0 spiro atoms. The topological polar surface area (TPSA) is 41.5 Å². The molecule has 1 amide bonds. The van der Waals surface area contributed by atoms with Gasteiger partial charge in [0.2, 0.25) is 5.91 Å². The molecule has 1 N–H and O–H groups in total. The number of nitrogens with one attached hydrogen (secondary N) is 1. The lowest BCUT2D eigenvalue weighted by atomic mass is 9.87. The molecule has 0 heterocycles. The Morgan fingerprint density at radius 3 is 2.46 bits per heavy atom. The van der Waals surface area contributed by atoms with Gasteiger partial charge in [0.05, 0.1) is 11.5 Å². The molecule has 1 atom stereocenters. The van der Waals surface area contributed by atoms with Gasteiger partial charge in [-0.15, -0.1) is 0 Å². The predicted octanol–water partition coefficient (Wildman–Crippen LogP) is 5.35. The van der Waals surface area contributed by atoms with Crippen molar-refractivity contribution in [3.05, 3.63) is 48.2 Å². The minimum absolute atomic E-state index is 0.244. The summed E-state index contributed by atoms with van der Waals surface area (Å²) in [5, 5.41) is 3.19. The number of alkyl halides is 3. The Morgan fingerprint density at radius 1 is 1.35 bits per heavy atom. The molecule has 0 aliphatic heterocycles. The molecule has 2 rings (SSSR count). The molecule has 1 aromatic carbocycles. The van der Waals surface area contributed by atoms with Crippen LogP contribution in [0, 0.1) is 5.92 Å². The SMILES string of the molecule is C=CN=C(NC(=O)C(CC1CCCC1)c1ccc(C(F)(F)F)cc1)SC. The second kappa shape index (κ2) is 9.26. The number of halogens is 3. The van der Waals surface area contributed by atoms with Crippen LogP contribution in [0.2, 0.25) is 0 Å². The average molecular weight is 384 g/mol. The van der Waals surface area contributed by atoms with Gasteiger partial charge in [-0.1, -0.05) is 56.2 Å². The monoisotopic (exact) mass is 384 g/mol. The van der Waals surface area contributed by atoms with Crippen LogP contribution < -0.4 is 5.32 Å². The summed E-state index contributed by atoms with van der Waals surface area (Å²) in [5.74, 6) is -0.323. The smallest absolute Gasteiger partial charge is 0.305 e. The highest BCUT2D eigenvalue weighted by molar-refractivity contribution is 8.13. The van der Waals surface area contributed by atoms with E-state index in [2.05, 4.69) is 16.9 Å². The highest BCUT2D eigenvalue weighted by Crippen LogP contribution is 2.36. The van der Waals surface area contributed by atoms with Crippen molar-refractivity contribution in [1.29, 1.82) is 0 Å². The van der Waals surface area contributed by atoms with Gasteiger partial charge in [-0.05, 0) is 36.3 Å². The molecule has 1 saturated carbocycles. The van der Waals surface area contributed by atoms with Crippen LogP contribution in [0.3, 0.4) is 0 Å². The van der Waals surface area contributed by atoms with E-state index in [9.17, 15) is 18.0 Å². The lowest BCUT2D eigenvalue weighted by Crippen LogP contribution is -2.33. The van der Waals surface area contributed by atoms with Crippen LogP contribution in [0.4, 0.5) is 13.2 Å². The summed E-state index contributed by atoms with van der Waals surface area (Å²) in [6.07, 6.45) is 3.77. The first-order chi connectivity index (χ1) is 12.3. The second-order valence-corrected chi connectivity index (χ2v) is 7.16.